The van der Waals surface area contributed by atoms with Gasteiger partial charge in [0.25, 0.3) is 5.91 Å². The summed E-state index contributed by atoms with van der Waals surface area (Å²) < 4.78 is 5.33. The summed E-state index contributed by atoms with van der Waals surface area (Å²) >= 11 is 0. The number of nitrogens with zero attached hydrogens (tertiary/aromatic N) is 1. The molecule has 1 heterocycles. The molecule has 12 heteroatoms. The lowest BCUT2D eigenvalue weighted by Crippen LogP contribution is -2.55. The van der Waals surface area contributed by atoms with E-state index in [0.29, 0.717) is 19.4 Å². The van der Waals surface area contributed by atoms with Gasteiger partial charge >= 0.3 is 6.09 Å². The SMILES string of the molecule is CC.CC(C)(C)OC(=O)NC(C(=O)NCC(=O)N1CCCC1C(=O)NCC(=O)C(=O)NC1CC1)C1CCCCC1.CC(C)C.CCC.CCC. The molecule has 2 atom stereocenters. The zero-order valence-electron chi connectivity index (χ0n) is 33.6. The van der Waals surface area contributed by atoms with Crippen molar-refractivity contribution in [3.8, 4) is 0 Å². The lowest BCUT2D eigenvalue weighted by atomic mass is 9.83. The van der Waals surface area contributed by atoms with E-state index in [2.05, 4.69) is 69.7 Å². The molecule has 50 heavy (non-hydrogen) atoms. The number of ketones is 1. The predicted octanol–water partition coefficient (Wildman–Crippen LogP) is 6.05. The van der Waals surface area contributed by atoms with Crippen LogP contribution in [-0.4, -0.2) is 83.8 Å². The third kappa shape index (κ3) is 23.3. The highest BCUT2D eigenvalue weighted by Crippen LogP contribution is 2.27. The van der Waals surface area contributed by atoms with Crippen LogP contribution in [0.1, 0.15) is 154 Å². The standard InChI is InChI=1S/C26H41N5O7.C4H10.2C3H8.C2H6/c1-26(2,3)38-25(37)30-21(16-8-5-4-6-9-16)24(36)28-15-20(33)31-13-7-10-18(31)22(34)27-14-19(32)23(35)29-17-11-12-17;1-4(2)3;2*1-3-2;1-2/h16-18,21H,4-15H2,1-3H3,(H,27,34)(H,28,36)(H,29,35)(H,30,37);4H,1-3H3;2*3H2,1-2H3;1-2H3. The lowest BCUT2D eigenvalue weighted by molar-refractivity contribution is -0.140. The minimum Gasteiger partial charge on any atom is -0.444 e. The molecule has 2 saturated carbocycles. The second kappa shape index (κ2) is 27.5. The van der Waals surface area contributed by atoms with Crippen LogP contribution >= 0.6 is 0 Å². The summed E-state index contributed by atoms with van der Waals surface area (Å²) in [7, 11) is 0. The molecule has 4 N–H and O–H groups in total. The number of Topliss-reactive ketones (excluding diaryl/α,β-unsaturated/α-hetero) is 1. The zero-order valence-corrected chi connectivity index (χ0v) is 33.6. The van der Waals surface area contributed by atoms with E-state index in [1.807, 2.05) is 13.8 Å². The van der Waals surface area contributed by atoms with Gasteiger partial charge < -0.3 is 30.9 Å². The number of hydrogen-bond acceptors (Lipinski definition) is 7. The molecule has 0 aromatic heterocycles. The average Bonchev–Trinajstić information content (AvgIpc) is 3.72. The van der Waals surface area contributed by atoms with Crippen LogP contribution in [0.5, 0.6) is 0 Å². The number of hydrogen-bond donors (Lipinski definition) is 4. The maximum atomic E-state index is 13.1. The summed E-state index contributed by atoms with van der Waals surface area (Å²) in [5.74, 6) is -2.10. The molecule has 12 nitrogen and oxygen atoms in total. The normalized spacial score (nSPS) is 17.3. The largest absolute Gasteiger partial charge is 0.444 e. The summed E-state index contributed by atoms with van der Waals surface area (Å²) in [6.45, 7) is 23.8. The van der Waals surface area contributed by atoms with Gasteiger partial charge in [0.05, 0.1) is 13.1 Å². The van der Waals surface area contributed by atoms with E-state index in [4.69, 9.17) is 4.74 Å². The van der Waals surface area contributed by atoms with Crippen molar-refractivity contribution in [2.75, 3.05) is 19.6 Å². The van der Waals surface area contributed by atoms with Crippen molar-refractivity contribution in [1.82, 2.24) is 26.2 Å². The fraction of sp³-hybridized carbons (Fsp3) is 0.842. The fourth-order valence-corrected chi connectivity index (χ4v) is 4.87. The van der Waals surface area contributed by atoms with Crippen LogP contribution < -0.4 is 21.3 Å². The van der Waals surface area contributed by atoms with Crippen molar-refractivity contribution < 1.29 is 33.5 Å². The van der Waals surface area contributed by atoms with Gasteiger partial charge in [-0.2, -0.15) is 0 Å². The van der Waals surface area contributed by atoms with Gasteiger partial charge in [0.1, 0.15) is 17.7 Å². The molecular weight excluding hydrogens is 638 g/mol. The van der Waals surface area contributed by atoms with Gasteiger partial charge in [-0.15, -0.1) is 0 Å². The first-order valence-electron chi connectivity index (χ1n) is 19.2. The van der Waals surface area contributed by atoms with Crippen LogP contribution in [0.3, 0.4) is 0 Å². The van der Waals surface area contributed by atoms with Crippen LogP contribution in [0.15, 0.2) is 0 Å². The van der Waals surface area contributed by atoms with E-state index in [9.17, 15) is 28.8 Å². The molecule has 0 aromatic carbocycles. The Kier molecular flexibility index (Phi) is 26.9. The third-order valence-corrected chi connectivity index (χ3v) is 6.95. The topological polar surface area (TPSA) is 163 Å². The van der Waals surface area contributed by atoms with Gasteiger partial charge in [-0.25, -0.2) is 4.79 Å². The van der Waals surface area contributed by atoms with E-state index in [-0.39, 0.29) is 18.5 Å². The maximum Gasteiger partial charge on any atom is 0.408 e. The molecular formula is C38H73N5O7. The molecule has 2 unspecified atom stereocenters. The molecule has 0 aromatic rings. The van der Waals surface area contributed by atoms with E-state index >= 15 is 0 Å². The number of nitrogens with one attached hydrogen (secondary N) is 4. The van der Waals surface area contributed by atoms with Crippen LogP contribution in [-0.2, 0) is 28.7 Å². The smallest absolute Gasteiger partial charge is 0.408 e. The molecule has 2 aliphatic carbocycles. The van der Waals surface area contributed by atoms with Crippen molar-refractivity contribution in [2.24, 2.45) is 11.8 Å². The first-order chi connectivity index (χ1) is 23.5. The molecule has 0 bridgehead atoms. The number of rotatable bonds is 10. The third-order valence-electron chi connectivity index (χ3n) is 6.95. The molecule has 5 amide bonds. The predicted molar refractivity (Wildman–Crippen MR) is 200 cm³/mol. The van der Waals surface area contributed by atoms with E-state index < -0.39 is 59.7 Å². The summed E-state index contributed by atoms with van der Waals surface area (Å²) in [6.07, 6.45) is 9.08. The Morgan fingerprint density at radius 1 is 0.760 bits per heavy atom. The molecule has 3 fully saturated rings. The van der Waals surface area contributed by atoms with Gasteiger partial charge in [-0.3, -0.25) is 24.0 Å². The van der Waals surface area contributed by atoms with Gasteiger partial charge in [0.2, 0.25) is 23.5 Å². The summed E-state index contributed by atoms with van der Waals surface area (Å²) in [4.78, 5) is 76.3. The first-order valence-corrected chi connectivity index (χ1v) is 19.2. The highest BCUT2D eigenvalue weighted by molar-refractivity contribution is 6.37. The van der Waals surface area contributed by atoms with Crippen molar-refractivity contribution in [1.29, 1.82) is 0 Å². The zero-order chi connectivity index (χ0) is 38.9. The number of amides is 5. The number of alkyl carbamates (subject to hydrolysis) is 1. The Balaban J connectivity index is 0. The van der Waals surface area contributed by atoms with Crippen LogP contribution in [0.4, 0.5) is 4.79 Å². The van der Waals surface area contributed by atoms with Crippen molar-refractivity contribution in [3.63, 3.8) is 0 Å². The van der Waals surface area contributed by atoms with Gasteiger partial charge in [0.15, 0.2) is 0 Å². The van der Waals surface area contributed by atoms with E-state index in [1.165, 1.54) is 17.7 Å². The highest BCUT2D eigenvalue weighted by Gasteiger charge is 2.36. The van der Waals surface area contributed by atoms with E-state index in [1.54, 1.807) is 20.8 Å². The van der Waals surface area contributed by atoms with Crippen molar-refractivity contribution in [2.45, 2.75) is 177 Å². The van der Waals surface area contributed by atoms with Crippen molar-refractivity contribution >= 4 is 35.5 Å². The fourth-order valence-electron chi connectivity index (χ4n) is 4.87. The summed E-state index contributed by atoms with van der Waals surface area (Å²) in [5, 5.41) is 10.4. The average molecular weight is 712 g/mol. The summed E-state index contributed by atoms with van der Waals surface area (Å²) in [6, 6.07) is -1.58. The first kappa shape index (κ1) is 48.9. The Bertz CT molecular complexity index is 997. The minimum absolute atomic E-state index is 0.0392. The van der Waals surface area contributed by atoms with Gasteiger partial charge in [-0.1, -0.05) is 94.4 Å². The lowest BCUT2D eigenvalue weighted by Gasteiger charge is -2.31. The highest BCUT2D eigenvalue weighted by atomic mass is 16.6. The monoisotopic (exact) mass is 712 g/mol. The Labute approximate surface area is 303 Å². The van der Waals surface area contributed by atoms with Crippen LogP contribution in [0.2, 0.25) is 0 Å². The molecule has 3 aliphatic rings. The minimum atomic E-state index is -0.830. The molecule has 1 aliphatic heterocycles. The molecule has 1 saturated heterocycles. The Morgan fingerprint density at radius 2 is 1.28 bits per heavy atom. The summed E-state index contributed by atoms with van der Waals surface area (Å²) in [5.41, 5.74) is -0.718. The van der Waals surface area contributed by atoms with E-state index in [0.717, 1.165) is 50.9 Å². The second-order valence-electron chi connectivity index (χ2n) is 14.5. The van der Waals surface area contributed by atoms with Crippen LogP contribution in [0.25, 0.3) is 0 Å². The van der Waals surface area contributed by atoms with Gasteiger partial charge in [0, 0.05) is 12.6 Å². The maximum absolute atomic E-state index is 13.1. The van der Waals surface area contributed by atoms with Crippen LogP contribution in [0, 0.1) is 11.8 Å². The Morgan fingerprint density at radius 3 is 1.76 bits per heavy atom. The number of carbonyl (C=O) groups is 6. The molecule has 0 spiro atoms. The second-order valence-corrected chi connectivity index (χ2v) is 14.5. The quantitative estimate of drug-likeness (QED) is 0.201. The Hall–Kier alpha value is -3.18. The molecule has 3 rings (SSSR count). The van der Waals surface area contributed by atoms with Gasteiger partial charge in [-0.05, 0) is 71.1 Å². The van der Waals surface area contributed by atoms with Crippen molar-refractivity contribution in [3.05, 3.63) is 0 Å². The number of ether oxygens (including phenoxy) is 1. The molecule has 292 valence electrons. The number of likely N-dealkylation sites (tertiary alicyclic amines) is 1. The molecule has 0 radical (unpaired) electrons. The number of carbonyl (C=O) groups excluding carboxylic acids is 6.